The second kappa shape index (κ2) is 8.84. The summed E-state index contributed by atoms with van der Waals surface area (Å²) in [6.45, 7) is 4.36. The fourth-order valence-corrected chi connectivity index (χ4v) is 1.42. The van der Waals surface area contributed by atoms with E-state index >= 15 is 0 Å². The van der Waals surface area contributed by atoms with Gasteiger partial charge in [0, 0.05) is 5.82 Å². The van der Waals surface area contributed by atoms with Crippen molar-refractivity contribution in [1.29, 1.82) is 0 Å². The van der Waals surface area contributed by atoms with Gasteiger partial charge in [0.25, 0.3) is 0 Å². The summed E-state index contributed by atoms with van der Waals surface area (Å²) in [4.78, 5) is 8.27. The minimum atomic E-state index is 0. The van der Waals surface area contributed by atoms with Crippen molar-refractivity contribution in [2.24, 2.45) is 0 Å². The van der Waals surface area contributed by atoms with E-state index in [2.05, 4.69) is 54.3 Å². The Hall–Kier alpha value is -1.18. The molecule has 0 saturated carbocycles. The summed E-state index contributed by atoms with van der Waals surface area (Å²) >= 11 is 0. The Morgan fingerprint density at radius 3 is 2.11 bits per heavy atom. The maximum Gasteiger partial charge on any atom is 1.00 e. The van der Waals surface area contributed by atoms with E-state index < -0.39 is 0 Å². The van der Waals surface area contributed by atoms with Crippen molar-refractivity contribution >= 4 is 0 Å². The molecule has 0 radical (unpaired) electrons. The van der Waals surface area contributed by atoms with Crippen molar-refractivity contribution in [3.8, 4) is 11.4 Å². The molecule has 1 heterocycles. The Kier molecular flexibility index (Phi) is 9.41. The third-order valence-corrected chi connectivity index (χ3v) is 2.35. The summed E-state index contributed by atoms with van der Waals surface area (Å²) in [6, 6.07) is 10.1. The van der Waals surface area contributed by atoms with Crippen molar-refractivity contribution < 1.29 is 29.8 Å². The van der Waals surface area contributed by atoms with Gasteiger partial charge in [-0.1, -0.05) is 50.5 Å². The summed E-state index contributed by atoms with van der Waals surface area (Å²) in [6.07, 6.45) is 4.49. The van der Waals surface area contributed by atoms with E-state index in [0.717, 1.165) is 11.4 Å². The normalized spacial score (nSPS) is 8.83. The number of hydrogen-bond acceptors (Lipinski definition) is 2. The zero-order chi connectivity index (χ0) is 10.7. The van der Waals surface area contributed by atoms with Crippen molar-refractivity contribution in [3.05, 3.63) is 48.3 Å². The second-order valence-electron chi connectivity index (χ2n) is 3.79. The van der Waals surface area contributed by atoms with Gasteiger partial charge in [0.15, 0.2) is 0 Å². The molecule has 18 heavy (non-hydrogen) atoms. The number of benzene rings is 1. The van der Waals surface area contributed by atoms with Crippen LogP contribution < -0.4 is 18.9 Å². The van der Waals surface area contributed by atoms with Gasteiger partial charge in [-0.15, -0.1) is 6.07 Å². The molecule has 0 bridgehead atoms. The van der Waals surface area contributed by atoms with Crippen molar-refractivity contribution in [3.63, 3.8) is 0 Å². The quantitative estimate of drug-likeness (QED) is 0.468. The molecule has 0 unspecified atom stereocenters. The fraction of sp³-hybridized carbons (Fsp3) is 0.231. The standard InChI is InChI=1S/C13H13N2.Li.2H2O/c1-10(2)11-4-6-12(7-5-11)13-14-8-3-9-15-13;;;/h3-8,10H,1-2H3;;2*1H2/q-1;+1;;. The molecule has 4 N–H and O–H groups in total. The van der Waals surface area contributed by atoms with Crippen molar-refractivity contribution in [2.75, 3.05) is 0 Å². The van der Waals surface area contributed by atoms with Gasteiger partial charge in [-0.2, -0.15) is 0 Å². The van der Waals surface area contributed by atoms with E-state index in [-0.39, 0.29) is 29.8 Å². The molecule has 0 atom stereocenters. The van der Waals surface area contributed by atoms with Gasteiger partial charge in [0.2, 0.25) is 0 Å². The first-order valence-corrected chi connectivity index (χ1v) is 5.07. The van der Waals surface area contributed by atoms with E-state index in [9.17, 15) is 0 Å². The number of nitrogens with zero attached hydrogens (tertiary/aromatic N) is 2. The molecule has 0 spiro atoms. The molecule has 0 saturated heterocycles. The van der Waals surface area contributed by atoms with Crippen molar-refractivity contribution in [2.45, 2.75) is 19.8 Å². The predicted molar refractivity (Wildman–Crippen MR) is 67.6 cm³/mol. The molecule has 92 valence electrons. The molecule has 4 nitrogen and oxygen atoms in total. The van der Waals surface area contributed by atoms with Crippen LogP contribution in [-0.2, 0) is 0 Å². The largest absolute Gasteiger partial charge is 1.00 e. The molecule has 5 heteroatoms. The van der Waals surface area contributed by atoms with Gasteiger partial charge in [-0.05, 0) is 17.0 Å². The summed E-state index contributed by atoms with van der Waals surface area (Å²) in [7, 11) is 0. The number of rotatable bonds is 2. The molecule has 1 aromatic carbocycles. The molecule has 0 amide bonds. The van der Waals surface area contributed by atoms with Crippen LogP contribution in [0.4, 0.5) is 0 Å². The molecule has 2 aromatic rings. The number of aromatic nitrogens is 2. The van der Waals surface area contributed by atoms with Gasteiger partial charge in [0.1, 0.15) is 0 Å². The first-order valence-electron chi connectivity index (χ1n) is 5.07. The summed E-state index contributed by atoms with van der Waals surface area (Å²) in [5.41, 5.74) is 2.37. The van der Waals surface area contributed by atoms with Gasteiger partial charge in [-0.3, -0.25) is 0 Å². The van der Waals surface area contributed by atoms with Crippen LogP contribution in [0.2, 0.25) is 0 Å². The van der Waals surface area contributed by atoms with E-state index in [1.54, 1.807) is 12.3 Å². The third kappa shape index (κ3) is 4.59. The van der Waals surface area contributed by atoms with E-state index in [1.165, 1.54) is 5.56 Å². The van der Waals surface area contributed by atoms with Crippen LogP contribution in [0.1, 0.15) is 25.3 Å². The van der Waals surface area contributed by atoms with Gasteiger partial charge >= 0.3 is 18.9 Å². The SMILES string of the molecule is CC(C)c1ccc(-c2n[c-]ccn2)cc1.O.O.[Li+]. The first kappa shape index (κ1) is 19.2. The van der Waals surface area contributed by atoms with Gasteiger partial charge in [-0.25, -0.2) is 0 Å². The molecular formula is C13H17LiN2O2. The van der Waals surface area contributed by atoms with E-state index in [0.29, 0.717) is 5.92 Å². The Balaban J connectivity index is 0. The van der Waals surface area contributed by atoms with Crippen molar-refractivity contribution in [1.82, 2.24) is 9.97 Å². The maximum absolute atomic E-state index is 4.18. The van der Waals surface area contributed by atoms with Crippen LogP contribution in [0.3, 0.4) is 0 Å². The zero-order valence-corrected chi connectivity index (χ0v) is 10.9. The molecular weight excluding hydrogens is 223 g/mol. The van der Waals surface area contributed by atoms with E-state index in [4.69, 9.17) is 0 Å². The molecule has 0 fully saturated rings. The monoisotopic (exact) mass is 240 g/mol. The van der Waals surface area contributed by atoms with Crippen LogP contribution in [0.25, 0.3) is 11.4 Å². The topological polar surface area (TPSA) is 88.8 Å². The van der Waals surface area contributed by atoms with Crippen LogP contribution in [0.5, 0.6) is 0 Å². The van der Waals surface area contributed by atoms with Crippen LogP contribution in [0, 0.1) is 6.20 Å². The first-order chi connectivity index (χ1) is 7.27. The molecule has 0 aliphatic heterocycles. The third-order valence-electron chi connectivity index (χ3n) is 2.35. The van der Waals surface area contributed by atoms with E-state index in [1.807, 2.05) is 0 Å². The smallest absolute Gasteiger partial charge is 0.412 e. The maximum atomic E-state index is 4.18. The number of hydrogen-bond donors (Lipinski definition) is 0. The fourth-order valence-electron chi connectivity index (χ4n) is 1.42. The van der Waals surface area contributed by atoms with Gasteiger partial charge < -0.3 is 20.9 Å². The summed E-state index contributed by atoms with van der Waals surface area (Å²) in [5.74, 6) is 1.29. The molecule has 1 aromatic heterocycles. The predicted octanol–water partition coefficient (Wildman–Crippen LogP) is -1.58. The average Bonchev–Trinajstić information content (AvgIpc) is 2.30. The van der Waals surface area contributed by atoms with Crippen LogP contribution in [-0.4, -0.2) is 20.9 Å². The Morgan fingerprint density at radius 1 is 1.06 bits per heavy atom. The molecule has 2 rings (SSSR count). The summed E-state index contributed by atoms with van der Waals surface area (Å²) in [5, 5.41) is 0. The summed E-state index contributed by atoms with van der Waals surface area (Å²) < 4.78 is 0. The molecule has 0 aliphatic rings. The Morgan fingerprint density at radius 2 is 1.67 bits per heavy atom. The average molecular weight is 240 g/mol. The molecule has 0 aliphatic carbocycles. The van der Waals surface area contributed by atoms with Crippen LogP contribution >= 0.6 is 0 Å². The Bertz CT molecular complexity index is 433. The second-order valence-corrected chi connectivity index (χ2v) is 3.79. The van der Waals surface area contributed by atoms with Gasteiger partial charge in [0.05, 0.1) is 0 Å². The zero-order valence-electron chi connectivity index (χ0n) is 10.9. The van der Waals surface area contributed by atoms with Crippen LogP contribution in [0.15, 0.2) is 36.5 Å². The minimum Gasteiger partial charge on any atom is -0.412 e. The minimum absolute atomic E-state index is 0. The Labute approximate surface area is 119 Å².